The molecule has 0 saturated heterocycles. The van der Waals surface area contributed by atoms with Crippen LogP contribution in [0.4, 0.5) is 0 Å². The fourth-order valence-corrected chi connectivity index (χ4v) is 2.20. The zero-order chi connectivity index (χ0) is 11.7. The largest absolute Gasteiger partial charge is 0.465 e. The van der Waals surface area contributed by atoms with E-state index in [1.165, 1.54) is 7.11 Å². The molecule has 0 radical (unpaired) electrons. The minimum absolute atomic E-state index is 0.132. The van der Waals surface area contributed by atoms with Crippen molar-refractivity contribution in [2.45, 2.75) is 6.61 Å². The van der Waals surface area contributed by atoms with Crippen molar-refractivity contribution in [1.29, 1.82) is 0 Å². The molecule has 84 valence electrons. The van der Waals surface area contributed by atoms with Crippen molar-refractivity contribution in [3.05, 3.63) is 27.9 Å². The average Bonchev–Trinajstić information content (AvgIpc) is 2.71. The fourth-order valence-electron chi connectivity index (χ4n) is 1.51. The molecule has 0 aliphatic rings. The molecule has 0 fully saturated rings. The number of aliphatic hydroxyl groups is 1. The molecule has 0 aliphatic heterocycles. The summed E-state index contributed by atoms with van der Waals surface area (Å²) >= 11 is 3.34. The van der Waals surface area contributed by atoms with E-state index in [4.69, 9.17) is 5.11 Å². The molecule has 1 aromatic carbocycles. The molecule has 2 aromatic rings. The molecule has 0 bridgehead atoms. The molecule has 1 aromatic heterocycles. The molecule has 0 unspecified atom stereocenters. The summed E-state index contributed by atoms with van der Waals surface area (Å²) < 4.78 is 5.32. The lowest BCUT2D eigenvalue weighted by molar-refractivity contribution is 0.0601. The summed E-state index contributed by atoms with van der Waals surface area (Å²) in [5.41, 5.74) is 1.63. The Kier molecular flexibility index (Phi) is 2.93. The van der Waals surface area contributed by atoms with Gasteiger partial charge >= 0.3 is 5.97 Å². The van der Waals surface area contributed by atoms with Crippen molar-refractivity contribution in [2.24, 2.45) is 0 Å². The van der Waals surface area contributed by atoms with Crippen LogP contribution in [0, 0.1) is 0 Å². The second kappa shape index (κ2) is 4.23. The molecule has 0 spiro atoms. The Bertz CT molecular complexity index is 550. The number of aromatic nitrogens is 2. The van der Waals surface area contributed by atoms with Crippen molar-refractivity contribution >= 4 is 32.8 Å². The smallest absolute Gasteiger partial charge is 0.337 e. The highest BCUT2D eigenvalue weighted by atomic mass is 79.9. The molecule has 5 nitrogen and oxygen atoms in total. The molecule has 0 atom stereocenters. The Balaban J connectivity index is 2.65. The Morgan fingerprint density at radius 1 is 1.62 bits per heavy atom. The van der Waals surface area contributed by atoms with E-state index >= 15 is 0 Å². The van der Waals surface area contributed by atoms with Gasteiger partial charge < -0.3 is 9.84 Å². The number of benzene rings is 1. The number of fused-ring (bicyclic) bond motifs is 1. The maximum Gasteiger partial charge on any atom is 0.337 e. The first-order valence-electron chi connectivity index (χ1n) is 4.53. The maximum absolute atomic E-state index is 11.4. The number of nitrogens with one attached hydrogen (secondary N) is 1. The van der Waals surface area contributed by atoms with E-state index in [0.29, 0.717) is 21.2 Å². The Morgan fingerprint density at radius 3 is 3.00 bits per heavy atom. The molecule has 2 rings (SSSR count). The van der Waals surface area contributed by atoms with Gasteiger partial charge in [0.15, 0.2) is 0 Å². The van der Waals surface area contributed by atoms with Crippen molar-refractivity contribution < 1.29 is 14.6 Å². The van der Waals surface area contributed by atoms with Crippen molar-refractivity contribution in [2.75, 3.05) is 7.11 Å². The molecule has 0 amide bonds. The predicted molar refractivity (Wildman–Crippen MR) is 61.1 cm³/mol. The van der Waals surface area contributed by atoms with E-state index in [1.54, 1.807) is 12.1 Å². The zero-order valence-electron chi connectivity index (χ0n) is 8.45. The first-order chi connectivity index (χ1) is 7.67. The lowest BCUT2D eigenvalue weighted by atomic mass is 10.1. The summed E-state index contributed by atoms with van der Waals surface area (Å²) in [6, 6.07) is 3.25. The lowest BCUT2D eigenvalue weighted by Gasteiger charge is -2.01. The van der Waals surface area contributed by atoms with Gasteiger partial charge in [-0.3, -0.25) is 5.10 Å². The fraction of sp³-hybridized carbons (Fsp3) is 0.200. The van der Waals surface area contributed by atoms with Gasteiger partial charge in [0.2, 0.25) is 0 Å². The average molecular weight is 285 g/mol. The van der Waals surface area contributed by atoms with Crippen LogP contribution in [-0.4, -0.2) is 28.4 Å². The molecule has 16 heavy (non-hydrogen) atoms. The predicted octanol–water partition coefficient (Wildman–Crippen LogP) is 1.60. The zero-order valence-corrected chi connectivity index (χ0v) is 10.0. The number of ether oxygens (including phenoxy) is 1. The topological polar surface area (TPSA) is 75.2 Å². The SMILES string of the molecule is COC(=O)c1cc(Br)c2c(CO)[nH]nc2c1. The highest BCUT2D eigenvalue weighted by Crippen LogP contribution is 2.27. The van der Waals surface area contributed by atoms with Crippen LogP contribution in [0.1, 0.15) is 16.1 Å². The van der Waals surface area contributed by atoms with Crippen LogP contribution < -0.4 is 0 Å². The molecule has 0 aliphatic carbocycles. The first kappa shape index (κ1) is 11.1. The number of halogens is 1. The normalized spacial score (nSPS) is 10.7. The number of esters is 1. The van der Waals surface area contributed by atoms with Gasteiger partial charge in [0, 0.05) is 9.86 Å². The summed E-state index contributed by atoms with van der Waals surface area (Å²) in [6.07, 6.45) is 0. The number of carbonyl (C=O) groups excluding carboxylic acids is 1. The molecule has 6 heteroatoms. The summed E-state index contributed by atoms with van der Waals surface area (Å²) in [5.74, 6) is -0.420. The van der Waals surface area contributed by atoms with Crippen LogP contribution in [-0.2, 0) is 11.3 Å². The van der Waals surface area contributed by atoms with Crippen molar-refractivity contribution in [3.63, 3.8) is 0 Å². The molecule has 1 heterocycles. The monoisotopic (exact) mass is 284 g/mol. The Hall–Kier alpha value is -1.40. The summed E-state index contributed by atoms with van der Waals surface area (Å²) in [6.45, 7) is -0.132. The van der Waals surface area contributed by atoms with Crippen LogP contribution >= 0.6 is 15.9 Å². The van der Waals surface area contributed by atoms with E-state index in [0.717, 1.165) is 5.39 Å². The summed E-state index contributed by atoms with van der Waals surface area (Å²) in [7, 11) is 1.32. The third-order valence-corrected chi connectivity index (χ3v) is 2.89. The van der Waals surface area contributed by atoms with Crippen LogP contribution in [0.15, 0.2) is 16.6 Å². The number of H-pyrrole nitrogens is 1. The van der Waals surface area contributed by atoms with Crippen molar-refractivity contribution in [1.82, 2.24) is 10.2 Å². The minimum Gasteiger partial charge on any atom is -0.465 e. The van der Waals surface area contributed by atoms with Crippen LogP contribution in [0.25, 0.3) is 10.9 Å². The second-order valence-electron chi connectivity index (χ2n) is 3.20. The Labute approximate surface area is 99.5 Å². The number of hydrogen-bond donors (Lipinski definition) is 2. The number of hydrogen-bond acceptors (Lipinski definition) is 4. The third-order valence-electron chi connectivity index (χ3n) is 2.26. The molecule has 0 saturated carbocycles. The van der Waals surface area contributed by atoms with Gasteiger partial charge in [-0.25, -0.2) is 4.79 Å². The van der Waals surface area contributed by atoms with Crippen molar-refractivity contribution in [3.8, 4) is 0 Å². The minimum atomic E-state index is -0.420. The van der Waals surface area contributed by atoms with Gasteiger partial charge in [-0.2, -0.15) is 5.10 Å². The quantitative estimate of drug-likeness (QED) is 0.822. The summed E-state index contributed by atoms with van der Waals surface area (Å²) in [5, 5.41) is 16.6. The van der Waals surface area contributed by atoms with Crippen LogP contribution in [0.3, 0.4) is 0 Å². The van der Waals surface area contributed by atoms with E-state index < -0.39 is 5.97 Å². The van der Waals surface area contributed by atoms with Gasteiger partial charge in [0.25, 0.3) is 0 Å². The van der Waals surface area contributed by atoms with E-state index in [2.05, 4.69) is 30.9 Å². The first-order valence-corrected chi connectivity index (χ1v) is 5.32. The van der Waals surface area contributed by atoms with Gasteiger partial charge in [-0.15, -0.1) is 0 Å². The molecule has 2 N–H and O–H groups in total. The van der Waals surface area contributed by atoms with Gasteiger partial charge in [0.1, 0.15) is 0 Å². The highest BCUT2D eigenvalue weighted by Gasteiger charge is 2.13. The number of nitrogens with zero attached hydrogens (tertiary/aromatic N) is 1. The lowest BCUT2D eigenvalue weighted by Crippen LogP contribution is -2.01. The van der Waals surface area contributed by atoms with Crippen LogP contribution in [0.5, 0.6) is 0 Å². The number of aromatic amines is 1. The molecular weight excluding hydrogens is 276 g/mol. The number of rotatable bonds is 2. The van der Waals surface area contributed by atoms with Gasteiger partial charge in [-0.1, -0.05) is 15.9 Å². The summed E-state index contributed by atoms with van der Waals surface area (Å²) in [4.78, 5) is 11.4. The Morgan fingerprint density at radius 2 is 2.38 bits per heavy atom. The number of aliphatic hydroxyl groups excluding tert-OH is 1. The van der Waals surface area contributed by atoms with Gasteiger partial charge in [0.05, 0.1) is 30.5 Å². The van der Waals surface area contributed by atoms with Crippen LogP contribution in [0.2, 0.25) is 0 Å². The standard InChI is InChI=1S/C10H9BrN2O3/c1-16-10(15)5-2-6(11)9-7(3-5)12-13-8(9)4-14/h2-3,14H,4H2,1H3,(H,12,13). The number of carbonyl (C=O) groups is 1. The molecular formula is C10H9BrN2O3. The van der Waals surface area contributed by atoms with E-state index in [-0.39, 0.29) is 6.61 Å². The highest BCUT2D eigenvalue weighted by molar-refractivity contribution is 9.10. The maximum atomic E-state index is 11.4. The van der Waals surface area contributed by atoms with Gasteiger partial charge in [-0.05, 0) is 12.1 Å². The van der Waals surface area contributed by atoms with E-state index in [9.17, 15) is 4.79 Å². The second-order valence-corrected chi connectivity index (χ2v) is 4.06. The van der Waals surface area contributed by atoms with E-state index in [1.807, 2.05) is 0 Å². The third kappa shape index (κ3) is 1.70. The number of methoxy groups -OCH3 is 1.